The zero-order chi connectivity index (χ0) is 21.1. The number of anilines is 1. The van der Waals surface area contributed by atoms with Crippen molar-refractivity contribution in [2.45, 2.75) is 46.2 Å². The molecule has 1 atom stereocenters. The lowest BCUT2D eigenvalue weighted by molar-refractivity contribution is 0.292. The third-order valence-corrected chi connectivity index (χ3v) is 5.71. The van der Waals surface area contributed by atoms with Crippen molar-refractivity contribution in [1.29, 1.82) is 0 Å². The quantitative estimate of drug-likeness (QED) is 0.275. The molecule has 0 aliphatic carbocycles. The largest absolute Gasteiger partial charge is 0.354 e. The summed E-state index contributed by atoms with van der Waals surface area (Å²) in [6, 6.07) is 4.69. The van der Waals surface area contributed by atoms with Crippen LogP contribution in [0.15, 0.2) is 23.3 Å². The van der Waals surface area contributed by atoms with Gasteiger partial charge >= 0.3 is 0 Å². The molecule has 1 aliphatic heterocycles. The number of piperazine rings is 1. The first-order chi connectivity index (χ1) is 14.0. The maximum absolute atomic E-state index is 4.67. The Balaban J connectivity index is 0.00000450. The molecule has 2 N–H and O–H groups in total. The molecule has 1 unspecified atom stereocenters. The van der Waals surface area contributed by atoms with Crippen LogP contribution in [-0.2, 0) is 6.54 Å². The molecule has 0 amide bonds. The van der Waals surface area contributed by atoms with E-state index in [-0.39, 0.29) is 24.0 Å². The van der Waals surface area contributed by atoms with Crippen LogP contribution in [0.3, 0.4) is 0 Å². The van der Waals surface area contributed by atoms with Gasteiger partial charge in [-0.15, -0.1) is 24.0 Å². The Morgan fingerprint density at radius 2 is 1.90 bits per heavy atom. The smallest absolute Gasteiger partial charge is 0.191 e. The van der Waals surface area contributed by atoms with Gasteiger partial charge in [-0.2, -0.15) is 0 Å². The number of hydrogen-bond acceptors (Lipinski definition) is 5. The van der Waals surface area contributed by atoms with Gasteiger partial charge in [0.1, 0.15) is 5.82 Å². The van der Waals surface area contributed by atoms with E-state index < -0.39 is 0 Å². The minimum atomic E-state index is 0. The zero-order valence-electron chi connectivity index (χ0n) is 19.5. The summed E-state index contributed by atoms with van der Waals surface area (Å²) in [7, 11) is 4.00. The number of aromatic nitrogens is 1. The van der Waals surface area contributed by atoms with Crippen LogP contribution in [0.4, 0.5) is 5.82 Å². The molecule has 172 valence electrons. The molecule has 1 aromatic rings. The molecule has 0 spiro atoms. The number of aliphatic imine (C=N–C) groups is 1. The van der Waals surface area contributed by atoms with Crippen molar-refractivity contribution in [1.82, 2.24) is 25.4 Å². The Kier molecular flexibility index (Phi) is 13.3. The van der Waals surface area contributed by atoms with Gasteiger partial charge in [0.2, 0.25) is 0 Å². The fourth-order valence-corrected chi connectivity index (χ4v) is 3.59. The minimum Gasteiger partial charge on any atom is -0.354 e. The molecule has 0 aromatic carbocycles. The summed E-state index contributed by atoms with van der Waals surface area (Å²) in [5.41, 5.74) is 1.17. The average molecular weight is 532 g/mol. The van der Waals surface area contributed by atoms with Crippen molar-refractivity contribution >= 4 is 35.8 Å². The SMILES string of the molecule is CCN(CC)CCCC(C)NC(=NC)NCc1ccc(N2CCN(C)CC2)nc1.I. The number of likely N-dealkylation sites (N-methyl/N-ethyl adjacent to an activating group) is 1. The number of hydrogen-bond donors (Lipinski definition) is 2. The van der Waals surface area contributed by atoms with Gasteiger partial charge in [-0.3, -0.25) is 4.99 Å². The van der Waals surface area contributed by atoms with E-state index in [1.165, 1.54) is 12.0 Å². The maximum Gasteiger partial charge on any atom is 0.191 e. The van der Waals surface area contributed by atoms with Crippen LogP contribution in [0, 0.1) is 0 Å². The molecule has 0 saturated carbocycles. The fraction of sp³-hybridized carbons (Fsp3) is 0.727. The predicted molar refractivity (Wildman–Crippen MR) is 139 cm³/mol. The van der Waals surface area contributed by atoms with Crippen LogP contribution in [-0.4, -0.2) is 86.7 Å². The van der Waals surface area contributed by atoms with Crippen LogP contribution in [0.5, 0.6) is 0 Å². The lowest BCUT2D eigenvalue weighted by atomic mass is 10.2. The van der Waals surface area contributed by atoms with Crippen molar-refractivity contribution in [3.05, 3.63) is 23.9 Å². The Morgan fingerprint density at radius 1 is 1.20 bits per heavy atom. The van der Waals surface area contributed by atoms with Crippen molar-refractivity contribution in [2.75, 3.05) is 64.8 Å². The third-order valence-electron chi connectivity index (χ3n) is 5.71. The molecule has 0 bridgehead atoms. The molecule has 2 heterocycles. The van der Waals surface area contributed by atoms with Gasteiger partial charge in [-0.1, -0.05) is 19.9 Å². The Hall–Kier alpha value is -1.13. The van der Waals surface area contributed by atoms with Crippen LogP contribution in [0.2, 0.25) is 0 Å². The summed E-state index contributed by atoms with van der Waals surface area (Å²) < 4.78 is 0. The summed E-state index contributed by atoms with van der Waals surface area (Å²) >= 11 is 0. The normalized spacial score (nSPS) is 16.3. The van der Waals surface area contributed by atoms with E-state index in [2.05, 4.69) is 75.3 Å². The fourth-order valence-electron chi connectivity index (χ4n) is 3.59. The van der Waals surface area contributed by atoms with Crippen molar-refractivity contribution in [3.8, 4) is 0 Å². The second-order valence-electron chi connectivity index (χ2n) is 7.96. The number of guanidine groups is 1. The minimum absolute atomic E-state index is 0. The van der Waals surface area contributed by atoms with E-state index in [0.717, 1.165) is 70.6 Å². The first-order valence-electron chi connectivity index (χ1n) is 11.1. The van der Waals surface area contributed by atoms with Gasteiger partial charge in [-0.25, -0.2) is 4.98 Å². The third kappa shape index (κ3) is 9.34. The average Bonchev–Trinajstić information content (AvgIpc) is 2.75. The van der Waals surface area contributed by atoms with Gasteiger partial charge in [0, 0.05) is 52.0 Å². The molecule has 8 heteroatoms. The number of pyridine rings is 1. The molecule has 0 radical (unpaired) electrons. The lowest BCUT2D eigenvalue weighted by Crippen LogP contribution is -2.44. The lowest BCUT2D eigenvalue weighted by Gasteiger charge is -2.33. The van der Waals surface area contributed by atoms with Gasteiger partial charge in [-0.05, 0) is 58.1 Å². The number of nitrogens with zero attached hydrogens (tertiary/aromatic N) is 5. The molecule has 1 aliphatic rings. The molecule has 2 rings (SSSR count). The monoisotopic (exact) mass is 531 g/mol. The summed E-state index contributed by atoms with van der Waals surface area (Å²) in [6.07, 6.45) is 4.31. The second-order valence-corrected chi connectivity index (χ2v) is 7.96. The van der Waals surface area contributed by atoms with Gasteiger partial charge < -0.3 is 25.3 Å². The Morgan fingerprint density at radius 3 is 2.47 bits per heavy atom. The molecule has 30 heavy (non-hydrogen) atoms. The highest BCUT2D eigenvalue weighted by molar-refractivity contribution is 14.0. The van der Waals surface area contributed by atoms with E-state index >= 15 is 0 Å². The molecular formula is C22H42IN7. The van der Waals surface area contributed by atoms with Gasteiger partial charge in [0.05, 0.1) is 0 Å². The standard InChI is InChI=1S/C22H41N7.HI/c1-6-28(7-2)12-8-9-19(3)26-22(23-4)25-18-20-10-11-21(24-17-20)29-15-13-27(5)14-16-29;/h10-11,17,19H,6-9,12-16,18H2,1-5H3,(H2,23,25,26);1H. The molecular weight excluding hydrogens is 489 g/mol. The van der Waals surface area contributed by atoms with E-state index in [1.54, 1.807) is 0 Å². The van der Waals surface area contributed by atoms with E-state index in [4.69, 9.17) is 0 Å². The van der Waals surface area contributed by atoms with E-state index in [9.17, 15) is 0 Å². The number of halogens is 1. The number of rotatable bonds is 10. The van der Waals surface area contributed by atoms with Crippen molar-refractivity contribution in [2.24, 2.45) is 4.99 Å². The number of nitrogens with one attached hydrogen (secondary N) is 2. The van der Waals surface area contributed by atoms with Crippen LogP contribution >= 0.6 is 24.0 Å². The highest BCUT2D eigenvalue weighted by Crippen LogP contribution is 2.13. The van der Waals surface area contributed by atoms with E-state index in [1.807, 2.05) is 13.2 Å². The first kappa shape index (κ1) is 26.9. The summed E-state index contributed by atoms with van der Waals surface area (Å²) in [5.74, 6) is 1.93. The van der Waals surface area contributed by atoms with Crippen molar-refractivity contribution < 1.29 is 0 Å². The maximum atomic E-state index is 4.67. The summed E-state index contributed by atoms with van der Waals surface area (Å²) in [4.78, 5) is 16.2. The summed E-state index contributed by atoms with van der Waals surface area (Å²) in [6.45, 7) is 15.1. The molecule has 1 aromatic heterocycles. The van der Waals surface area contributed by atoms with Crippen molar-refractivity contribution in [3.63, 3.8) is 0 Å². The molecule has 1 saturated heterocycles. The molecule has 7 nitrogen and oxygen atoms in total. The molecule has 1 fully saturated rings. The Bertz CT molecular complexity index is 596. The predicted octanol–water partition coefficient (Wildman–Crippen LogP) is 2.63. The summed E-state index contributed by atoms with van der Waals surface area (Å²) in [5, 5.41) is 6.91. The highest BCUT2D eigenvalue weighted by atomic mass is 127. The van der Waals surface area contributed by atoms with Crippen LogP contribution < -0.4 is 15.5 Å². The Labute approximate surface area is 200 Å². The van der Waals surface area contributed by atoms with Crippen LogP contribution in [0.1, 0.15) is 39.2 Å². The zero-order valence-corrected chi connectivity index (χ0v) is 21.9. The van der Waals surface area contributed by atoms with Crippen LogP contribution in [0.25, 0.3) is 0 Å². The second kappa shape index (κ2) is 14.8. The van der Waals surface area contributed by atoms with Gasteiger partial charge in [0.15, 0.2) is 5.96 Å². The first-order valence-corrected chi connectivity index (χ1v) is 11.1. The highest BCUT2D eigenvalue weighted by Gasteiger charge is 2.15. The van der Waals surface area contributed by atoms with E-state index in [0.29, 0.717) is 6.04 Å². The van der Waals surface area contributed by atoms with Gasteiger partial charge in [0.25, 0.3) is 0 Å². The topological polar surface area (TPSA) is 59.0 Å².